The van der Waals surface area contributed by atoms with Crippen LogP contribution in [0.15, 0.2) is 10.6 Å². The minimum Gasteiger partial charge on any atom is -0.376 e. The third kappa shape index (κ3) is 2.87. The van der Waals surface area contributed by atoms with Gasteiger partial charge in [0.25, 0.3) is 12.3 Å². The van der Waals surface area contributed by atoms with E-state index in [1.54, 1.807) is 0 Å². The van der Waals surface area contributed by atoms with E-state index in [2.05, 4.69) is 15.2 Å². The largest absolute Gasteiger partial charge is 0.376 e. The van der Waals surface area contributed by atoms with Gasteiger partial charge in [-0.25, -0.2) is 8.78 Å². The first kappa shape index (κ1) is 15.1. The summed E-state index contributed by atoms with van der Waals surface area (Å²) in [6.07, 6.45) is -0.992. The van der Waals surface area contributed by atoms with E-state index < -0.39 is 6.43 Å². The van der Waals surface area contributed by atoms with Crippen molar-refractivity contribution in [2.75, 3.05) is 6.61 Å². The van der Waals surface area contributed by atoms with Gasteiger partial charge in [0.2, 0.25) is 0 Å². The molecule has 0 saturated carbocycles. The van der Waals surface area contributed by atoms with Crippen LogP contribution in [-0.2, 0) is 11.8 Å². The highest BCUT2D eigenvalue weighted by molar-refractivity contribution is 5.47. The van der Waals surface area contributed by atoms with Crippen LogP contribution >= 0.6 is 0 Å². The van der Waals surface area contributed by atoms with E-state index in [1.807, 2.05) is 13.8 Å². The molecule has 1 aliphatic heterocycles. The Labute approximate surface area is 126 Å². The second-order valence-corrected chi connectivity index (χ2v) is 6.13. The second kappa shape index (κ2) is 5.42. The molecule has 0 amide bonds. The van der Waals surface area contributed by atoms with Gasteiger partial charge in [0, 0.05) is 19.6 Å². The van der Waals surface area contributed by atoms with Crippen LogP contribution in [0.2, 0.25) is 0 Å². The molecule has 0 aromatic carbocycles. The van der Waals surface area contributed by atoms with E-state index in [-0.39, 0.29) is 28.8 Å². The van der Waals surface area contributed by atoms with Crippen LogP contribution in [0.5, 0.6) is 0 Å². The summed E-state index contributed by atoms with van der Waals surface area (Å²) in [5.41, 5.74) is -0.137. The van der Waals surface area contributed by atoms with Crippen LogP contribution in [0.4, 0.5) is 8.78 Å². The number of alkyl halides is 2. The molecule has 1 unspecified atom stereocenters. The normalized spacial score (nSPS) is 21.5. The summed E-state index contributed by atoms with van der Waals surface area (Å²) in [5.74, 6) is 0.886. The van der Waals surface area contributed by atoms with Gasteiger partial charge < -0.3 is 9.26 Å². The zero-order chi connectivity index (χ0) is 15.9. The first-order valence-corrected chi connectivity index (χ1v) is 7.16. The zero-order valence-electron chi connectivity index (χ0n) is 12.7. The Morgan fingerprint density at radius 1 is 1.41 bits per heavy atom. The molecular formula is C14H18F2N4O2. The van der Waals surface area contributed by atoms with Crippen molar-refractivity contribution < 1.29 is 18.0 Å². The Hall–Kier alpha value is -1.83. The molecule has 1 aliphatic rings. The molecule has 0 aliphatic carbocycles. The monoisotopic (exact) mass is 312 g/mol. The number of hydrogen-bond donors (Lipinski definition) is 0. The Balaban J connectivity index is 1.83. The molecule has 1 atom stereocenters. The van der Waals surface area contributed by atoms with E-state index in [0.29, 0.717) is 12.4 Å². The molecule has 0 N–H and O–H groups in total. The number of aryl methyl sites for hydroxylation is 1. The highest BCUT2D eigenvalue weighted by Crippen LogP contribution is 2.35. The minimum absolute atomic E-state index is 0.138. The Morgan fingerprint density at radius 3 is 2.82 bits per heavy atom. The fourth-order valence-electron chi connectivity index (χ4n) is 2.75. The summed E-state index contributed by atoms with van der Waals surface area (Å²) in [6.45, 7) is 4.68. The van der Waals surface area contributed by atoms with Crippen LogP contribution in [0.1, 0.15) is 50.6 Å². The molecule has 6 nitrogen and oxygen atoms in total. The predicted octanol–water partition coefficient (Wildman–Crippen LogP) is 3.08. The third-order valence-corrected chi connectivity index (χ3v) is 3.86. The maximum atomic E-state index is 12.8. The molecule has 0 bridgehead atoms. The van der Waals surface area contributed by atoms with Gasteiger partial charge in [-0.15, -0.1) is 0 Å². The lowest BCUT2D eigenvalue weighted by molar-refractivity contribution is -0.0604. The summed E-state index contributed by atoms with van der Waals surface area (Å²) in [7, 11) is 1.46. The number of nitrogens with zero attached hydrogens (tertiary/aromatic N) is 4. The smallest absolute Gasteiger partial charge is 0.280 e. The van der Waals surface area contributed by atoms with Crippen LogP contribution in [0.3, 0.4) is 0 Å². The third-order valence-electron chi connectivity index (χ3n) is 3.86. The molecule has 2 aromatic heterocycles. The quantitative estimate of drug-likeness (QED) is 0.871. The van der Waals surface area contributed by atoms with Crippen LogP contribution < -0.4 is 0 Å². The average Bonchev–Trinajstić information content (AvgIpc) is 3.03. The van der Waals surface area contributed by atoms with E-state index in [1.165, 1.54) is 13.1 Å². The lowest BCUT2D eigenvalue weighted by Gasteiger charge is -2.34. The van der Waals surface area contributed by atoms with Gasteiger partial charge in [-0.05, 0) is 32.8 Å². The molecule has 0 spiro atoms. The van der Waals surface area contributed by atoms with Gasteiger partial charge in [-0.3, -0.25) is 4.68 Å². The van der Waals surface area contributed by atoms with Crippen molar-refractivity contribution in [2.45, 2.75) is 44.6 Å². The van der Waals surface area contributed by atoms with Crippen molar-refractivity contribution in [3.63, 3.8) is 0 Å². The van der Waals surface area contributed by atoms with Gasteiger partial charge in [-0.2, -0.15) is 10.1 Å². The Bertz CT molecular complexity index is 666. The number of halogens is 2. The van der Waals surface area contributed by atoms with E-state index >= 15 is 0 Å². The molecule has 120 valence electrons. The average molecular weight is 312 g/mol. The van der Waals surface area contributed by atoms with Gasteiger partial charge in [0.1, 0.15) is 5.69 Å². The SMILES string of the molecule is Cn1nc(-c2nc(C3CCOC(C)(C)C3)no2)cc1C(F)F. The summed E-state index contributed by atoms with van der Waals surface area (Å²) in [6, 6.07) is 1.27. The van der Waals surface area contributed by atoms with Crippen molar-refractivity contribution in [2.24, 2.45) is 7.05 Å². The lowest BCUT2D eigenvalue weighted by Crippen LogP contribution is -2.33. The number of rotatable bonds is 3. The van der Waals surface area contributed by atoms with E-state index in [9.17, 15) is 8.78 Å². The summed E-state index contributed by atoms with van der Waals surface area (Å²) in [4.78, 5) is 4.33. The van der Waals surface area contributed by atoms with Gasteiger partial charge in [0.15, 0.2) is 11.5 Å². The Morgan fingerprint density at radius 2 is 2.18 bits per heavy atom. The van der Waals surface area contributed by atoms with E-state index in [0.717, 1.165) is 17.5 Å². The molecule has 0 radical (unpaired) electrons. The standard InChI is InChI=1S/C14H18F2N4O2/c1-14(2)7-8(4-5-21-14)12-17-13(22-19-12)9-6-10(11(15)16)20(3)18-9/h6,8,11H,4-5,7H2,1-3H3. The minimum atomic E-state index is -2.59. The Kier molecular flexibility index (Phi) is 3.72. The zero-order valence-corrected chi connectivity index (χ0v) is 12.7. The topological polar surface area (TPSA) is 66.0 Å². The molecule has 3 heterocycles. The molecule has 1 saturated heterocycles. The lowest BCUT2D eigenvalue weighted by atomic mass is 9.88. The summed E-state index contributed by atoms with van der Waals surface area (Å²) < 4.78 is 37.6. The van der Waals surface area contributed by atoms with Crippen molar-refractivity contribution in [3.8, 4) is 11.6 Å². The summed E-state index contributed by atoms with van der Waals surface area (Å²) in [5, 5.41) is 7.99. The van der Waals surface area contributed by atoms with E-state index in [4.69, 9.17) is 9.26 Å². The van der Waals surface area contributed by atoms with Crippen molar-refractivity contribution >= 4 is 0 Å². The molecule has 22 heavy (non-hydrogen) atoms. The van der Waals surface area contributed by atoms with Crippen LogP contribution in [-0.4, -0.2) is 32.1 Å². The molecule has 3 rings (SSSR count). The van der Waals surface area contributed by atoms with Gasteiger partial charge in [0.05, 0.1) is 5.60 Å². The molecule has 8 heteroatoms. The van der Waals surface area contributed by atoms with Crippen molar-refractivity contribution in [3.05, 3.63) is 17.6 Å². The second-order valence-electron chi connectivity index (χ2n) is 6.13. The van der Waals surface area contributed by atoms with Gasteiger partial charge >= 0.3 is 0 Å². The molecular weight excluding hydrogens is 294 g/mol. The summed E-state index contributed by atoms with van der Waals surface area (Å²) >= 11 is 0. The van der Waals surface area contributed by atoms with Crippen LogP contribution in [0.25, 0.3) is 11.6 Å². The maximum absolute atomic E-state index is 12.8. The van der Waals surface area contributed by atoms with Crippen molar-refractivity contribution in [1.29, 1.82) is 0 Å². The maximum Gasteiger partial charge on any atom is 0.280 e. The number of hydrogen-bond acceptors (Lipinski definition) is 5. The van der Waals surface area contributed by atoms with Crippen LogP contribution in [0, 0.1) is 0 Å². The fraction of sp³-hybridized carbons (Fsp3) is 0.643. The number of ether oxygens (including phenoxy) is 1. The fourth-order valence-corrected chi connectivity index (χ4v) is 2.75. The first-order valence-electron chi connectivity index (χ1n) is 7.16. The highest BCUT2D eigenvalue weighted by atomic mass is 19.3. The van der Waals surface area contributed by atoms with Gasteiger partial charge in [-0.1, -0.05) is 5.16 Å². The molecule has 2 aromatic rings. The number of aromatic nitrogens is 4. The first-order chi connectivity index (χ1) is 10.4. The predicted molar refractivity (Wildman–Crippen MR) is 73.5 cm³/mol. The van der Waals surface area contributed by atoms with Crippen molar-refractivity contribution in [1.82, 2.24) is 19.9 Å². The highest BCUT2D eigenvalue weighted by Gasteiger charge is 2.32. The molecule has 1 fully saturated rings.